The van der Waals surface area contributed by atoms with Crippen LogP contribution < -0.4 is 4.90 Å². The van der Waals surface area contributed by atoms with Gasteiger partial charge in [0.05, 0.1) is 9.79 Å². The summed E-state index contributed by atoms with van der Waals surface area (Å²) >= 11 is 0. The summed E-state index contributed by atoms with van der Waals surface area (Å²) in [7, 11) is -9.03. The van der Waals surface area contributed by atoms with Gasteiger partial charge >= 0.3 is 0 Å². The van der Waals surface area contributed by atoms with Crippen molar-refractivity contribution in [2.24, 2.45) is 0 Å². The van der Waals surface area contributed by atoms with E-state index in [2.05, 4.69) is 0 Å². The summed E-state index contributed by atoms with van der Waals surface area (Å²) in [4.78, 5) is 0.563. The van der Waals surface area contributed by atoms with E-state index in [1.807, 2.05) is 0 Å². The van der Waals surface area contributed by atoms with Gasteiger partial charge < -0.3 is 4.90 Å². The smallest absolute Gasteiger partial charge is 0.294 e. The first kappa shape index (κ1) is 12.3. The van der Waals surface area contributed by atoms with Crippen molar-refractivity contribution in [3.8, 4) is 0 Å². The van der Waals surface area contributed by atoms with E-state index in [0.29, 0.717) is 24.8 Å². The lowest BCUT2D eigenvalue weighted by molar-refractivity contribution is 0.481. The van der Waals surface area contributed by atoms with E-state index in [1.165, 1.54) is 0 Å². The Bertz CT molecular complexity index is 609. The molecule has 94 valence electrons. The Morgan fingerprint density at radius 2 is 1.29 bits per heavy atom. The Kier molecular flexibility index (Phi) is 2.65. The van der Waals surface area contributed by atoms with Gasteiger partial charge in [0.25, 0.3) is 20.2 Å². The van der Waals surface area contributed by atoms with Crippen LogP contribution in [0.2, 0.25) is 0 Å². The number of rotatable bonds is 3. The molecule has 1 fully saturated rings. The molecule has 1 aliphatic heterocycles. The summed E-state index contributed by atoms with van der Waals surface area (Å²) in [6.07, 6.45) is 0. The molecule has 2 rings (SSSR count). The zero-order valence-electron chi connectivity index (χ0n) is 8.44. The van der Waals surface area contributed by atoms with Crippen molar-refractivity contribution < 1.29 is 25.9 Å². The second-order valence-electron chi connectivity index (χ2n) is 3.60. The molecule has 0 saturated carbocycles. The molecular formula is C8H9NO6S2. The highest BCUT2D eigenvalue weighted by atomic mass is 32.2. The average molecular weight is 279 g/mol. The quantitative estimate of drug-likeness (QED) is 0.591. The van der Waals surface area contributed by atoms with Crippen LogP contribution in [0.4, 0.5) is 5.69 Å². The standard InChI is InChI=1S/C8H9NO6S2/c10-16(11,12)7-3-6(9-1-2-9)4-8(5-7)17(13,14)15/h3-5H,1-2H2,(H,10,11,12)(H,13,14,15). The molecule has 0 radical (unpaired) electrons. The van der Waals surface area contributed by atoms with E-state index in [1.54, 1.807) is 4.90 Å². The lowest BCUT2D eigenvalue weighted by atomic mass is 10.3. The van der Waals surface area contributed by atoms with Gasteiger partial charge in [0, 0.05) is 18.8 Å². The molecule has 17 heavy (non-hydrogen) atoms. The fraction of sp³-hybridized carbons (Fsp3) is 0.250. The number of hydrogen-bond acceptors (Lipinski definition) is 5. The largest absolute Gasteiger partial charge is 0.368 e. The fourth-order valence-electron chi connectivity index (χ4n) is 1.35. The second-order valence-corrected chi connectivity index (χ2v) is 6.44. The minimum Gasteiger partial charge on any atom is -0.368 e. The van der Waals surface area contributed by atoms with Crippen LogP contribution >= 0.6 is 0 Å². The minimum absolute atomic E-state index is 0.327. The van der Waals surface area contributed by atoms with Gasteiger partial charge in [0.1, 0.15) is 0 Å². The molecule has 1 aliphatic rings. The van der Waals surface area contributed by atoms with Crippen molar-refractivity contribution in [3.63, 3.8) is 0 Å². The molecule has 9 heteroatoms. The topological polar surface area (TPSA) is 112 Å². The predicted molar refractivity (Wildman–Crippen MR) is 58.3 cm³/mol. The summed E-state index contributed by atoms with van der Waals surface area (Å²) < 4.78 is 61.6. The van der Waals surface area contributed by atoms with E-state index in [4.69, 9.17) is 9.11 Å². The molecule has 0 atom stereocenters. The average Bonchev–Trinajstić information content (AvgIpc) is 2.97. The van der Waals surface area contributed by atoms with Crippen LogP contribution in [-0.4, -0.2) is 39.0 Å². The van der Waals surface area contributed by atoms with Gasteiger partial charge in [-0.2, -0.15) is 16.8 Å². The number of anilines is 1. The van der Waals surface area contributed by atoms with Gasteiger partial charge in [0.15, 0.2) is 0 Å². The van der Waals surface area contributed by atoms with E-state index < -0.39 is 30.0 Å². The molecule has 0 amide bonds. The maximum atomic E-state index is 11.0. The minimum atomic E-state index is -4.52. The van der Waals surface area contributed by atoms with Crippen LogP contribution in [0.5, 0.6) is 0 Å². The summed E-state index contributed by atoms with van der Waals surface area (Å²) in [5.41, 5.74) is 0.327. The van der Waals surface area contributed by atoms with E-state index in [-0.39, 0.29) is 0 Å². The highest BCUT2D eigenvalue weighted by molar-refractivity contribution is 7.86. The summed E-state index contributed by atoms with van der Waals surface area (Å²) in [6.45, 7) is 1.33. The van der Waals surface area contributed by atoms with Crippen molar-refractivity contribution in [2.45, 2.75) is 9.79 Å². The van der Waals surface area contributed by atoms with Crippen LogP contribution in [0.15, 0.2) is 28.0 Å². The van der Waals surface area contributed by atoms with Crippen LogP contribution in [0.1, 0.15) is 0 Å². The highest BCUT2D eigenvalue weighted by Gasteiger charge is 2.24. The van der Waals surface area contributed by atoms with Crippen molar-refractivity contribution in [1.82, 2.24) is 0 Å². The Labute approximate surface area is 98.2 Å². The van der Waals surface area contributed by atoms with Gasteiger partial charge in [-0.1, -0.05) is 0 Å². The van der Waals surface area contributed by atoms with Crippen LogP contribution in [-0.2, 0) is 20.2 Å². The molecule has 0 spiro atoms. The third kappa shape index (κ3) is 2.75. The monoisotopic (exact) mass is 279 g/mol. The first-order chi connectivity index (χ1) is 7.68. The third-order valence-electron chi connectivity index (χ3n) is 2.27. The maximum Gasteiger partial charge on any atom is 0.294 e. The maximum absolute atomic E-state index is 11.0. The van der Waals surface area contributed by atoms with Crippen LogP contribution in [0, 0.1) is 0 Å². The summed E-state index contributed by atoms with van der Waals surface area (Å²) in [6, 6.07) is 3.01. The fourth-order valence-corrected chi connectivity index (χ4v) is 2.51. The van der Waals surface area contributed by atoms with Crippen molar-refractivity contribution in [3.05, 3.63) is 18.2 Å². The summed E-state index contributed by atoms with van der Waals surface area (Å²) in [5.74, 6) is 0. The Morgan fingerprint density at radius 3 is 1.59 bits per heavy atom. The Morgan fingerprint density at radius 1 is 0.882 bits per heavy atom. The first-order valence-corrected chi connectivity index (χ1v) is 7.41. The molecule has 1 aromatic carbocycles. The normalized spacial score (nSPS) is 16.0. The molecule has 1 aromatic rings. The molecule has 0 aromatic heterocycles. The Balaban J connectivity index is 2.66. The van der Waals surface area contributed by atoms with E-state index in [0.717, 1.165) is 12.1 Å². The molecular weight excluding hydrogens is 270 g/mol. The van der Waals surface area contributed by atoms with Gasteiger partial charge in [-0.3, -0.25) is 9.11 Å². The molecule has 1 saturated heterocycles. The van der Waals surface area contributed by atoms with E-state index in [9.17, 15) is 16.8 Å². The lowest BCUT2D eigenvalue weighted by Crippen LogP contribution is -2.05. The molecule has 0 unspecified atom stereocenters. The molecule has 0 bridgehead atoms. The predicted octanol–water partition coefficient (Wildman–Crippen LogP) is 0.000000000000000389. The molecule has 2 N–H and O–H groups in total. The van der Waals surface area contributed by atoms with Crippen LogP contribution in [0.3, 0.4) is 0 Å². The number of hydrogen-bond donors (Lipinski definition) is 2. The van der Waals surface area contributed by atoms with E-state index >= 15 is 0 Å². The lowest BCUT2D eigenvalue weighted by Gasteiger charge is -2.07. The highest BCUT2D eigenvalue weighted by Crippen LogP contribution is 2.28. The van der Waals surface area contributed by atoms with Crippen LogP contribution in [0.25, 0.3) is 0 Å². The first-order valence-electron chi connectivity index (χ1n) is 4.53. The molecule has 1 heterocycles. The Hall–Kier alpha value is -1.16. The second kappa shape index (κ2) is 3.67. The van der Waals surface area contributed by atoms with Crippen molar-refractivity contribution in [1.29, 1.82) is 0 Å². The van der Waals surface area contributed by atoms with Gasteiger partial charge in [-0.25, -0.2) is 0 Å². The van der Waals surface area contributed by atoms with Gasteiger partial charge in [0.2, 0.25) is 0 Å². The van der Waals surface area contributed by atoms with Gasteiger partial charge in [-0.05, 0) is 18.2 Å². The SMILES string of the molecule is O=S(=O)(O)c1cc(N2CC2)cc(S(=O)(=O)O)c1. The molecule has 0 aliphatic carbocycles. The summed E-state index contributed by atoms with van der Waals surface area (Å²) in [5, 5.41) is 0. The zero-order chi connectivity index (χ0) is 12.8. The van der Waals surface area contributed by atoms with Crippen molar-refractivity contribution >= 4 is 25.9 Å². The zero-order valence-corrected chi connectivity index (χ0v) is 10.1. The molecule has 7 nitrogen and oxygen atoms in total. The number of benzene rings is 1. The third-order valence-corrected chi connectivity index (χ3v) is 3.94. The van der Waals surface area contributed by atoms with Gasteiger partial charge in [-0.15, -0.1) is 0 Å². The van der Waals surface area contributed by atoms with Crippen molar-refractivity contribution in [2.75, 3.05) is 18.0 Å². The number of nitrogens with zero attached hydrogens (tertiary/aromatic N) is 1.